The first-order chi connectivity index (χ1) is 21.8. The highest BCUT2D eigenvalue weighted by molar-refractivity contribution is 6.22. The molecule has 0 atom stereocenters. The second-order valence-electron chi connectivity index (χ2n) is 11.7. The lowest BCUT2D eigenvalue weighted by Gasteiger charge is -2.18. The summed E-state index contributed by atoms with van der Waals surface area (Å²) in [6.45, 7) is 0. The predicted octanol–water partition coefficient (Wildman–Crippen LogP) is 12.5. The summed E-state index contributed by atoms with van der Waals surface area (Å²) in [7, 11) is 0. The Kier molecular flexibility index (Phi) is 5.61. The van der Waals surface area contributed by atoms with Crippen LogP contribution < -0.4 is 0 Å². The number of fused-ring (bicyclic) bond motifs is 6. The van der Waals surface area contributed by atoms with Gasteiger partial charge in [0.05, 0.1) is 0 Å². The maximum Gasteiger partial charge on any atom is -0.00262 e. The first-order valence-corrected chi connectivity index (χ1v) is 15.3. The predicted molar refractivity (Wildman–Crippen MR) is 190 cm³/mol. The second kappa shape index (κ2) is 9.93. The third-order valence-corrected chi connectivity index (χ3v) is 9.20. The van der Waals surface area contributed by atoms with Crippen LogP contribution in [-0.4, -0.2) is 0 Å². The summed E-state index contributed by atoms with van der Waals surface area (Å²) in [5.41, 5.74) is 7.52. The van der Waals surface area contributed by atoms with E-state index in [1.807, 2.05) is 0 Å². The van der Waals surface area contributed by atoms with Crippen LogP contribution in [0.3, 0.4) is 0 Å². The summed E-state index contributed by atoms with van der Waals surface area (Å²) in [5, 5.41) is 12.8. The van der Waals surface area contributed by atoms with Gasteiger partial charge in [-0.15, -0.1) is 0 Å². The molecule has 0 heterocycles. The van der Waals surface area contributed by atoms with Gasteiger partial charge in [0.25, 0.3) is 0 Å². The van der Waals surface area contributed by atoms with E-state index in [-0.39, 0.29) is 0 Å². The third kappa shape index (κ3) is 3.92. The second-order valence-corrected chi connectivity index (χ2v) is 11.7. The van der Waals surface area contributed by atoms with Crippen LogP contribution in [0.1, 0.15) is 0 Å². The SMILES string of the molecule is c1cc(-c2ccc3ccc4ccccc4c3c2)cc(-c2c3ccccc3c(-c3ccc4ccccc4c3)c3ccccc23)c1. The molecule has 0 aliphatic rings. The van der Waals surface area contributed by atoms with Crippen LogP contribution in [0.4, 0.5) is 0 Å². The maximum atomic E-state index is 2.37. The molecular formula is C44H28. The van der Waals surface area contributed by atoms with Crippen molar-refractivity contribution in [2.75, 3.05) is 0 Å². The number of benzene rings is 9. The lowest BCUT2D eigenvalue weighted by atomic mass is 9.85. The van der Waals surface area contributed by atoms with Gasteiger partial charge in [-0.1, -0.05) is 152 Å². The highest BCUT2D eigenvalue weighted by Crippen LogP contribution is 2.44. The molecule has 0 N–H and O–H groups in total. The van der Waals surface area contributed by atoms with Crippen molar-refractivity contribution < 1.29 is 0 Å². The topological polar surface area (TPSA) is 0 Å². The Morgan fingerprint density at radius 2 is 0.636 bits per heavy atom. The van der Waals surface area contributed by atoms with Crippen molar-refractivity contribution in [3.8, 4) is 33.4 Å². The summed E-state index contributed by atoms with van der Waals surface area (Å²) in [4.78, 5) is 0. The van der Waals surface area contributed by atoms with Gasteiger partial charge < -0.3 is 0 Å². The largest absolute Gasteiger partial charge is 0.0616 e. The minimum Gasteiger partial charge on any atom is -0.0616 e. The summed E-state index contributed by atoms with van der Waals surface area (Å²) < 4.78 is 0. The van der Waals surface area contributed by atoms with Crippen LogP contribution in [0.5, 0.6) is 0 Å². The van der Waals surface area contributed by atoms with E-state index in [1.165, 1.54) is 87.2 Å². The van der Waals surface area contributed by atoms with Gasteiger partial charge in [-0.25, -0.2) is 0 Å². The Morgan fingerprint density at radius 3 is 1.32 bits per heavy atom. The summed E-state index contributed by atoms with van der Waals surface area (Å²) in [5.74, 6) is 0. The van der Waals surface area contributed by atoms with Crippen LogP contribution in [0.25, 0.3) is 87.2 Å². The molecule has 44 heavy (non-hydrogen) atoms. The Balaban J connectivity index is 1.28. The Bertz CT molecular complexity index is 2490. The van der Waals surface area contributed by atoms with E-state index >= 15 is 0 Å². The summed E-state index contributed by atoms with van der Waals surface area (Å²) >= 11 is 0. The quantitative estimate of drug-likeness (QED) is 0.150. The van der Waals surface area contributed by atoms with E-state index in [1.54, 1.807) is 0 Å². The fraction of sp³-hybridized carbons (Fsp3) is 0. The highest BCUT2D eigenvalue weighted by Gasteiger charge is 2.17. The van der Waals surface area contributed by atoms with Crippen LogP contribution in [0.2, 0.25) is 0 Å². The molecule has 0 aromatic heterocycles. The lowest BCUT2D eigenvalue weighted by molar-refractivity contribution is 1.63. The zero-order chi connectivity index (χ0) is 29.0. The van der Waals surface area contributed by atoms with E-state index in [2.05, 4.69) is 170 Å². The average Bonchev–Trinajstić information content (AvgIpc) is 3.10. The summed E-state index contributed by atoms with van der Waals surface area (Å²) in [6, 6.07) is 62.4. The average molecular weight is 557 g/mol. The first-order valence-electron chi connectivity index (χ1n) is 15.3. The third-order valence-electron chi connectivity index (χ3n) is 9.20. The molecule has 0 heteroatoms. The van der Waals surface area contributed by atoms with Crippen LogP contribution in [0.15, 0.2) is 170 Å². The van der Waals surface area contributed by atoms with E-state index in [0.29, 0.717) is 0 Å². The fourth-order valence-electron chi connectivity index (χ4n) is 7.13. The lowest BCUT2D eigenvalue weighted by Crippen LogP contribution is -1.91. The Morgan fingerprint density at radius 1 is 0.205 bits per heavy atom. The van der Waals surface area contributed by atoms with Crippen molar-refractivity contribution in [1.82, 2.24) is 0 Å². The minimum absolute atomic E-state index is 1.23. The molecule has 0 nitrogen and oxygen atoms in total. The van der Waals surface area contributed by atoms with Gasteiger partial charge >= 0.3 is 0 Å². The maximum absolute atomic E-state index is 2.37. The smallest absolute Gasteiger partial charge is 0.00262 e. The fourth-order valence-corrected chi connectivity index (χ4v) is 7.13. The zero-order valence-corrected chi connectivity index (χ0v) is 24.2. The van der Waals surface area contributed by atoms with Crippen molar-refractivity contribution in [1.29, 1.82) is 0 Å². The molecule has 204 valence electrons. The van der Waals surface area contributed by atoms with Gasteiger partial charge in [0, 0.05) is 0 Å². The van der Waals surface area contributed by atoms with Gasteiger partial charge in [-0.3, -0.25) is 0 Å². The molecular weight excluding hydrogens is 528 g/mol. The molecule has 9 aromatic carbocycles. The Labute approximate surface area is 256 Å². The minimum atomic E-state index is 1.23. The van der Waals surface area contributed by atoms with E-state index in [0.717, 1.165) is 0 Å². The van der Waals surface area contributed by atoms with E-state index in [4.69, 9.17) is 0 Å². The number of hydrogen-bond acceptors (Lipinski definition) is 0. The molecule has 0 bridgehead atoms. The molecule has 0 radical (unpaired) electrons. The van der Waals surface area contributed by atoms with Crippen LogP contribution in [-0.2, 0) is 0 Å². The standard InChI is InChI=1S/C44H28/c1-2-12-32-26-36(25-20-29(32)10-1)44-40-18-7-5-16-38(40)43(39-17-6-8-19-41(39)44)35-14-9-13-33(27-35)34-24-23-31-22-21-30-11-3-4-15-37(30)42(31)28-34/h1-28H. The zero-order valence-electron chi connectivity index (χ0n) is 24.2. The normalized spacial score (nSPS) is 11.6. The molecule has 0 aliphatic heterocycles. The van der Waals surface area contributed by atoms with Crippen molar-refractivity contribution in [3.05, 3.63) is 170 Å². The van der Waals surface area contributed by atoms with Crippen molar-refractivity contribution in [2.45, 2.75) is 0 Å². The van der Waals surface area contributed by atoms with Crippen molar-refractivity contribution >= 4 is 53.9 Å². The molecule has 9 rings (SSSR count). The van der Waals surface area contributed by atoms with Gasteiger partial charge in [0.15, 0.2) is 0 Å². The number of hydrogen-bond donors (Lipinski definition) is 0. The molecule has 0 fully saturated rings. The van der Waals surface area contributed by atoms with Crippen LogP contribution >= 0.6 is 0 Å². The molecule has 0 amide bonds. The van der Waals surface area contributed by atoms with E-state index < -0.39 is 0 Å². The van der Waals surface area contributed by atoms with Crippen LogP contribution in [0, 0.1) is 0 Å². The molecule has 0 unspecified atom stereocenters. The van der Waals surface area contributed by atoms with Crippen molar-refractivity contribution in [2.24, 2.45) is 0 Å². The monoisotopic (exact) mass is 556 g/mol. The van der Waals surface area contributed by atoms with Gasteiger partial charge in [0.1, 0.15) is 0 Å². The Hall–Kier alpha value is -5.72. The van der Waals surface area contributed by atoms with Gasteiger partial charge in [-0.2, -0.15) is 0 Å². The van der Waals surface area contributed by atoms with Gasteiger partial charge in [0.2, 0.25) is 0 Å². The van der Waals surface area contributed by atoms with Gasteiger partial charge in [-0.05, 0) is 105 Å². The molecule has 9 aromatic rings. The number of rotatable bonds is 3. The molecule has 0 saturated carbocycles. The first kappa shape index (κ1) is 24.8. The summed E-state index contributed by atoms with van der Waals surface area (Å²) in [6.07, 6.45) is 0. The molecule has 0 aliphatic carbocycles. The highest BCUT2D eigenvalue weighted by atomic mass is 14.2. The van der Waals surface area contributed by atoms with Crippen molar-refractivity contribution in [3.63, 3.8) is 0 Å². The molecule has 0 saturated heterocycles. The van der Waals surface area contributed by atoms with E-state index in [9.17, 15) is 0 Å². The molecule has 0 spiro atoms.